The minimum atomic E-state index is -3.58. The predicted octanol–water partition coefficient (Wildman–Crippen LogP) is 2.65. The normalized spacial score (nSPS) is 17.6. The van der Waals surface area contributed by atoms with E-state index in [1.807, 2.05) is 31.2 Å². The molecule has 5 rings (SSSR count). The van der Waals surface area contributed by atoms with Gasteiger partial charge in [0, 0.05) is 24.2 Å². The number of nitrogens with zero attached hydrogens (tertiary/aromatic N) is 3. The maximum atomic E-state index is 13.1. The molecule has 9 nitrogen and oxygen atoms in total. The third-order valence-electron chi connectivity index (χ3n) is 6.12. The fraction of sp³-hybridized carbons (Fsp3) is 0.304. The summed E-state index contributed by atoms with van der Waals surface area (Å²) in [7, 11) is -6.90. The Balaban J connectivity index is 1.45. The van der Waals surface area contributed by atoms with Crippen LogP contribution in [0.1, 0.15) is 40.0 Å². The Morgan fingerprint density at radius 1 is 0.971 bits per heavy atom. The van der Waals surface area contributed by atoms with Crippen molar-refractivity contribution in [3.05, 3.63) is 70.9 Å². The van der Waals surface area contributed by atoms with Crippen molar-refractivity contribution in [2.24, 2.45) is 0 Å². The molecule has 0 atom stereocenters. The van der Waals surface area contributed by atoms with Crippen LogP contribution in [0, 0.1) is 6.92 Å². The third-order valence-corrected chi connectivity index (χ3v) is 9.47. The number of aromatic nitrogens is 2. The average molecular weight is 501 g/mol. The van der Waals surface area contributed by atoms with Crippen molar-refractivity contribution in [1.29, 1.82) is 0 Å². The van der Waals surface area contributed by atoms with Gasteiger partial charge in [-0.2, -0.15) is 9.40 Å². The highest BCUT2D eigenvalue weighted by Gasteiger charge is 2.33. The largest absolute Gasteiger partial charge is 0.306 e. The van der Waals surface area contributed by atoms with E-state index in [4.69, 9.17) is 0 Å². The summed E-state index contributed by atoms with van der Waals surface area (Å²) in [4.78, 5) is 13.2. The van der Waals surface area contributed by atoms with Crippen LogP contribution in [0.15, 0.2) is 53.4 Å². The molecule has 0 radical (unpaired) electrons. The monoisotopic (exact) mass is 500 g/mol. The first-order valence-corrected chi connectivity index (χ1v) is 14.2. The first kappa shape index (κ1) is 22.8. The number of rotatable bonds is 5. The van der Waals surface area contributed by atoms with Gasteiger partial charge < -0.3 is 5.32 Å². The number of carbonyl (C=O) groups excluding carboxylic acids is 1. The first-order chi connectivity index (χ1) is 16.1. The first-order valence-electron chi connectivity index (χ1n) is 10.9. The standard InChI is InChI=1S/C23H24N4O5S2/c1-16-4-8-18(9-5-16)27-22(20-14-33(29,30)15-21(20)25-27)24-23(28)17-6-10-19(11-7-17)34(31,32)26-12-2-3-13-26/h4-11H,2-3,12-15H2,1H3,(H,24,28). The Hall–Kier alpha value is -3.02. The second-order valence-electron chi connectivity index (χ2n) is 8.64. The predicted molar refractivity (Wildman–Crippen MR) is 127 cm³/mol. The van der Waals surface area contributed by atoms with Crippen molar-refractivity contribution in [1.82, 2.24) is 14.1 Å². The van der Waals surface area contributed by atoms with Crippen LogP contribution in [0.5, 0.6) is 0 Å². The molecule has 1 amide bonds. The summed E-state index contributed by atoms with van der Waals surface area (Å²) in [6.07, 6.45) is 1.68. The van der Waals surface area contributed by atoms with E-state index in [0.717, 1.165) is 18.4 Å². The Morgan fingerprint density at radius 2 is 1.62 bits per heavy atom. The van der Waals surface area contributed by atoms with Crippen LogP contribution < -0.4 is 5.32 Å². The lowest BCUT2D eigenvalue weighted by molar-refractivity contribution is 0.102. The van der Waals surface area contributed by atoms with E-state index in [0.29, 0.717) is 35.9 Å². The van der Waals surface area contributed by atoms with Gasteiger partial charge in [-0.05, 0) is 56.2 Å². The molecule has 2 aliphatic rings. The molecule has 0 spiro atoms. The fourth-order valence-corrected chi connectivity index (χ4v) is 7.29. The Bertz CT molecular complexity index is 1470. The molecule has 1 fully saturated rings. The SMILES string of the molecule is Cc1ccc(-n2nc3c(c2NC(=O)c2ccc(S(=O)(=O)N4CCCC4)cc2)CS(=O)(=O)C3)cc1. The van der Waals surface area contributed by atoms with Gasteiger partial charge in [-0.25, -0.2) is 21.5 Å². The van der Waals surface area contributed by atoms with Crippen LogP contribution in [-0.2, 0) is 31.4 Å². The van der Waals surface area contributed by atoms with Gasteiger partial charge in [-0.1, -0.05) is 17.7 Å². The van der Waals surface area contributed by atoms with Gasteiger partial charge in [-0.15, -0.1) is 0 Å². The number of hydrogen-bond acceptors (Lipinski definition) is 6. The highest BCUT2D eigenvalue weighted by Crippen LogP contribution is 2.33. The van der Waals surface area contributed by atoms with E-state index in [1.54, 1.807) is 4.68 Å². The molecular formula is C23H24N4O5S2. The number of anilines is 1. The van der Waals surface area contributed by atoms with Crippen molar-refractivity contribution in [2.45, 2.75) is 36.2 Å². The van der Waals surface area contributed by atoms with E-state index in [1.165, 1.54) is 28.6 Å². The number of sulfone groups is 1. The summed E-state index contributed by atoms with van der Waals surface area (Å²) in [5, 5.41) is 7.27. The van der Waals surface area contributed by atoms with Crippen LogP contribution in [0.25, 0.3) is 5.69 Å². The van der Waals surface area contributed by atoms with Gasteiger partial charge in [0.1, 0.15) is 5.82 Å². The molecule has 178 valence electrons. The minimum Gasteiger partial charge on any atom is -0.306 e. The topological polar surface area (TPSA) is 118 Å². The number of fused-ring (bicyclic) bond motifs is 1. The number of carbonyl (C=O) groups is 1. The molecule has 3 aromatic rings. The van der Waals surface area contributed by atoms with Crippen LogP contribution in [0.3, 0.4) is 0 Å². The smallest absolute Gasteiger partial charge is 0.256 e. The van der Waals surface area contributed by atoms with Gasteiger partial charge in [0.15, 0.2) is 9.84 Å². The minimum absolute atomic E-state index is 0.141. The molecule has 1 aromatic heterocycles. The molecule has 1 N–H and O–H groups in total. The zero-order valence-electron chi connectivity index (χ0n) is 18.6. The van der Waals surface area contributed by atoms with Crippen molar-refractivity contribution in [3.8, 4) is 5.69 Å². The Kier molecular flexibility index (Phi) is 5.58. The van der Waals surface area contributed by atoms with E-state index >= 15 is 0 Å². The van der Waals surface area contributed by atoms with Gasteiger partial charge in [0.25, 0.3) is 5.91 Å². The Morgan fingerprint density at radius 3 is 2.26 bits per heavy atom. The van der Waals surface area contributed by atoms with E-state index in [2.05, 4.69) is 10.4 Å². The van der Waals surface area contributed by atoms with Crippen molar-refractivity contribution >= 4 is 31.6 Å². The van der Waals surface area contributed by atoms with E-state index < -0.39 is 25.8 Å². The van der Waals surface area contributed by atoms with Crippen molar-refractivity contribution < 1.29 is 21.6 Å². The number of sulfonamides is 1. The summed E-state index contributed by atoms with van der Waals surface area (Å²) in [5.41, 5.74) is 2.90. The van der Waals surface area contributed by atoms with E-state index in [9.17, 15) is 21.6 Å². The summed E-state index contributed by atoms with van der Waals surface area (Å²) in [6, 6.07) is 13.3. The highest BCUT2D eigenvalue weighted by atomic mass is 32.2. The quantitative estimate of drug-likeness (QED) is 0.575. The lowest BCUT2D eigenvalue weighted by Crippen LogP contribution is -2.27. The number of hydrogen-bond donors (Lipinski definition) is 1. The molecule has 0 bridgehead atoms. The van der Waals surface area contributed by atoms with E-state index in [-0.39, 0.29) is 22.0 Å². The molecule has 1 saturated heterocycles. The fourth-order valence-electron chi connectivity index (χ4n) is 4.28. The van der Waals surface area contributed by atoms with Crippen LogP contribution in [-0.4, -0.2) is 49.9 Å². The van der Waals surface area contributed by atoms with Gasteiger partial charge >= 0.3 is 0 Å². The van der Waals surface area contributed by atoms with Gasteiger partial charge in [0.2, 0.25) is 10.0 Å². The molecule has 2 aliphatic heterocycles. The molecule has 0 aliphatic carbocycles. The number of benzene rings is 2. The molecular weight excluding hydrogens is 476 g/mol. The second kappa shape index (κ2) is 8.33. The number of nitrogens with one attached hydrogen (secondary N) is 1. The van der Waals surface area contributed by atoms with Gasteiger partial charge in [-0.3, -0.25) is 4.79 Å². The lowest BCUT2D eigenvalue weighted by atomic mass is 10.2. The van der Waals surface area contributed by atoms with Crippen LogP contribution in [0.2, 0.25) is 0 Å². The highest BCUT2D eigenvalue weighted by molar-refractivity contribution is 7.90. The molecule has 0 unspecified atom stereocenters. The maximum Gasteiger partial charge on any atom is 0.256 e. The second-order valence-corrected chi connectivity index (χ2v) is 12.6. The van der Waals surface area contributed by atoms with Gasteiger partial charge in [0.05, 0.1) is 27.8 Å². The summed E-state index contributed by atoms with van der Waals surface area (Å²) >= 11 is 0. The average Bonchev–Trinajstić information content (AvgIpc) is 3.51. The van der Waals surface area contributed by atoms with Crippen LogP contribution in [0.4, 0.5) is 5.82 Å². The summed E-state index contributed by atoms with van der Waals surface area (Å²) in [5.74, 6) is -0.548. The Labute approximate surface area is 198 Å². The molecule has 0 saturated carbocycles. The molecule has 34 heavy (non-hydrogen) atoms. The summed E-state index contributed by atoms with van der Waals surface area (Å²) < 4.78 is 52.8. The zero-order valence-corrected chi connectivity index (χ0v) is 20.2. The van der Waals surface area contributed by atoms with Crippen molar-refractivity contribution in [3.63, 3.8) is 0 Å². The number of aryl methyl sites for hydroxylation is 1. The molecule has 11 heteroatoms. The maximum absolute atomic E-state index is 13.1. The molecule has 3 heterocycles. The zero-order chi connectivity index (χ0) is 24.1. The summed E-state index contributed by atoms with van der Waals surface area (Å²) in [6.45, 7) is 2.96. The number of amides is 1. The lowest BCUT2D eigenvalue weighted by Gasteiger charge is -2.15. The van der Waals surface area contributed by atoms with Crippen molar-refractivity contribution in [2.75, 3.05) is 18.4 Å². The van der Waals surface area contributed by atoms with Crippen LogP contribution >= 0.6 is 0 Å². The third kappa shape index (κ3) is 4.15. The molecule has 2 aromatic carbocycles.